The maximum Gasteiger partial charge on any atom is 0.212 e. The van der Waals surface area contributed by atoms with E-state index < -0.39 is 10.0 Å². The third-order valence-electron chi connectivity index (χ3n) is 2.27. The molecule has 0 bridgehead atoms. The summed E-state index contributed by atoms with van der Waals surface area (Å²) in [5.74, 6) is 0.368. The average Bonchev–Trinajstić information content (AvgIpc) is 2.26. The van der Waals surface area contributed by atoms with Gasteiger partial charge in [0.1, 0.15) is 0 Å². The van der Waals surface area contributed by atoms with E-state index in [2.05, 4.69) is 4.72 Å². The van der Waals surface area contributed by atoms with Crippen LogP contribution in [0.15, 0.2) is 24.3 Å². The van der Waals surface area contributed by atoms with Crippen molar-refractivity contribution in [2.24, 2.45) is 0 Å². The Kier molecular flexibility index (Phi) is 5.73. The van der Waals surface area contributed by atoms with E-state index in [4.69, 9.17) is 23.2 Å². The van der Waals surface area contributed by atoms with Crippen molar-refractivity contribution in [2.45, 2.75) is 19.4 Å². The molecule has 1 N–H and O–H groups in total. The number of hydrogen-bond acceptors (Lipinski definition) is 2. The second kappa shape index (κ2) is 6.59. The Bertz CT molecular complexity index is 462. The predicted molar refractivity (Wildman–Crippen MR) is 72.1 cm³/mol. The van der Waals surface area contributed by atoms with E-state index in [0.717, 1.165) is 5.56 Å². The van der Waals surface area contributed by atoms with Crippen LogP contribution in [0.1, 0.15) is 24.9 Å². The lowest BCUT2D eigenvalue weighted by molar-refractivity contribution is 0.566. The Morgan fingerprint density at radius 3 is 2.59 bits per heavy atom. The molecule has 96 valence electrons. The molecule has 0 fully saturated rings. The molecule has 0 aliphatic carbocycles. The van der Waals surface area contributed by atoms with Gasteiger partial charge in [0.25, 0.3) is 0 Å². The molecule has 1 atom stereocenters. The molecule has 17 heavy (non-hydrogen) atoms. The summed E-state index contributed by atoms with van der Waals surface area (Å²) in [7, 11) is -3.30. The van der Waals surface area contributed by atoms with Crippen LogP contribution in [-0.2, 0) is 10.0 Å². The monoisotopic (exact) mass is 295 g/mol. The van der Waals surface area contributed by atoms with Crippen LogP contribution in [0.25, 0.3) is 0 Å². The van der Waals surface area contributed by atoms with Gasteiger partial charge in [-0.2, -0.15) is 0 Å². The van der Waals surface area contributed by atoms with Crippen molar-refractivity contribution in [3.05, 3.63) is 34.9 Å². The van der Waals surface area contributed by atoms with Gasteiger partial charge in [-0.05, 0) is 25.0 Å². The molecule has 0 radical (unpaired) electrons. The van der Waals surface area contributed by atoms with Crippen molar-refractivity contribution < 1.29 is 8.42 Å². The molecule has 0 saturated heterocycles. The van der Waals surface area contributed by atoms with Crippen molar-refractivity contribution in [1.29, 1.82) is 0 Å². The molecule has 0 heterocycles. The molecule has 0 aromatic heterocycles. The summed E-state index contributed by atoms with van der Waals surface area (Å²) in [6.07, 6.45) is 0.437. The van der Waals surface area contributed by atoms with E-state index in [0.29, 0.717) is 17.3 Å². The van der Waals surface area contributed by atoms with E-state index >= 15 is 0 Å². The second-order valence-electron chi connectivity index (χ2n) is 3.72. The summed E-state index contributed by atoms with van der Waals surface area (Å²) in [4.78, 5) is 0. The minimum Gasteiger partial charge on any atom is -0.212 e. The molecule has 0 spiro atoms. The number of benzene rings is 1. The highest BCUT2D eigenvalue weighted by Gasteiger charge is 2.16. The number of alkyl halides is 1. The largest absolute Gasteiger partial charge is 0.212 e. The van der Waals surface area contributed by atoms with Crippen LogP contribution in [0.3, 0.4) is 0 Å². The quantitative estimate of drug-likeness (QED) is 0.820. The van der Waals surface area contributed by atoms with Crippen molar-refractivity contribution >= 4 is 33.2 Å². The van der Waals surface area contributed by atoms with Gasteiger partial charge in [-0.1, -0.05) is 29.8 Å². The van der Waals surface area contributed by atoms with Crippen molar-refractivity contribution in [3.63, 3.8) is 0 Å². The Morgan fingerprint density at radius 2 is 2.00 bits per heavy atom. The number of halogens is 2. The van der Waals surface area contributed by atoms with Crippen LogP contribution < -0.4 is 4.72 Å². The molecule has 6 heteroatoms. The maximum absolute atomic E-state index is 11.7. The highest BCUT2D eigenvalue weighted by molar-refractivity contribution is 7.89. The molecule has 0 amide bonds. The van der Waals surface area contributed by atoms with Gasteiger partial charge in [-0.15, -0.1) is 11.6 Å². The number of hydrogen-bond donors (Lipinski definition) is 1. The first-order valence-electron chi connectivity index (χ1n) is 5.26. The molecule has 1 unspecified atom stereocenters. The van der Waals surface area contributed by atoms with E-state index in [1.54, 1.807) is 25.1 Å². The lowest BCUT2D eigenvalue weighted by Gasteiger charge is -2.15. The smallest absolute Gasteiger partial charge is 0.212 e. The Balaban J connectivity index is 2.73. The zero-order valence-corrected chi connectivity index (χ0v) is 11.8. The number of nitrogens with one attached hydrogen (secondary N) is 1. The van der Waals surface area contributed by atoms with Gasteiger partial charge in [0.05, 0.1) is 5.75 Å². The summed E-state index contributed by atoms with van der Waals surface area (Å²) < 4.78 is 25.9. The summed E-state index contributed by atoms with van der Waals surface area (Å²) >= 11 is 11.5. The minimum atomic E-state index is -3.30. The lowest BCUT2D eigenvalue weighted by atomic mass is 10.1. The van der Waals surface area contributed by atoms with Gasteiger partial charge in [-0.25, -0.2) is 13.1 Å². The molecule has 1 aromatic carbocycles. The highest BCUT2D eigenvalue weighted by Crippen LogP contribution is 2.22. The molecular formula is C11H15Cl2NO2S. The molecule has 1 rings (SSSR count). The second-order valence-corrected chi connectivity index (χ2v) is 6.38. The molecule has 3 nitrogen and oxygen atoms in total. The number of sulfonamides is 1. The Morgan fingerprint density at radius 1 is 1.35 bits per heavy atom. The van der Waals surface area contributed by atoms with Gasteiger partial charge in [0.2, 0.25) is 10.0 Å². The molecule has 0 aliphatic rings. The van der Waals surface area contributed by atoms with E-state index in [1.165, 1.54) is 0 Å². The Hall–Kier alpha value is -0.290. The first-order valence-corrected chi connectivity index (χ1v) is 7.83. The zero-order valence-electron chi connectivity index (χ0n) is 9.49. The zero-order chi connectivity index (χ0) is 12.9. The van der Waals surface area contributed by atoms with Crippen LogP contribution in [0.2, 0.25) is 5.02 Å². The minimum absolute atomic E-state index is 0.0330. The van der Waals surface area contributed by atoms with Crippen LogP contribution >= 0.6 is 23.2 Å². The van der Waals surface area contributed by atoms with Gasteiger partial charge >= 0.3 is 0 Å². The van der Waals surface area contributed by atoms with Crippen LogP contribution in [0.5, 0.6) is 0 Å². The van der Waals surface area contributed by atoms with E-state index in [9.17, 15) is 8.42 Å². The average molecular weight is 296 g/mol. The molecule has 0 aliphatic heterocycles. The topological polar surface area (TPSA) is 46.2 Å². The fourth-order valence-electron chi connectivity index (χ4n) is 1.46. The Labute approximate surface area is 112 Å². The standard InChI is InChI=1S/C11H15Cl2NO2S/c1-9(10-5-2-3-6-11(10)13)14-17(15,16)8-4-7-12/h2-3,5-6,9,14H,4,7-8H2,1H3. The molecular weight excluding hydrogens is 281 g/mol. The molecule has 0 saturated carbocycles. The summed E-state index contributed by atoms with van der Waals surface area (Å²) in [5, 5.41) is 0.556. The third kappa shape index (κ3) is 4.84. The van der Waals surface area contributed by atoms with E-state index in [1.807, 2.05) is 6.07 Å². The molecule has 1 aromatic rings. The summed E-state index contributed by atoms with van der Waals surface area (Å²) in [6.45, 7) is 1.76. The summed E-state index contributed by atoms with van der Waals surface area (Å²) in [5.41, 5.74) is 0.767. The first kappa shape index (κ1) is 14.8. The van der Waals surface area contributed by atoms with Crippen molar-refractivity contribution in [2.75, 3.05) is 11.6 Å². The van der Waals surface area contributed by atoms with Gasteiger partial charge in [0.15, 0.2) is 0 Å². The first-order chi connectivity index (χ1) is 7.96. The van der Waals surface area contributed by atoms with Crippen molar-refractivity contribution in [3.8, 4) is 0 Å². The van der Waals surface area contributed by atoms with Gasteiger partial charge < -0.3 is 0 Å². The maximum atomic E-state index is 11.7. The van der Waals surface area contributed by atoms with Crippen LogP contribution in [-0.4, -0.2) is 20.1 Å². The van der Waals surface area contributed by atoms with Crippen LogP contribution in [0.4, 0.5) is 0 Å². The summed E-state index contributed by atoms with van der Waals surface area (Å²) in [6, 6.07) is 6.83. The third-order valence-corrected chi connectivity index (χ3v) is 4.43. The lowest BCUT2D eigenvalue weighted by Crippen LogP contribution is -2.29. The van der Waals surface area contributed by atoms with Gasteiger partial charge in [0, 0.05) is 16.9 Å². The van der Waals surface area contributed by atoms with Gasteiger partial charge in [-0.3, -0.25) is 0 Å². The van der Waals surface area contributed by atoms with Crippen molar-refractivity contribution in [1.82, 2.24) is 4.72 Å². The number of rotatable bonds is 6. The SMILES string of the molecule is CC(NS(=O)(=O)CCCCl)c1ccccc1Cl. The normalized spacial score (nSPS) is 13.6. The predicted octanol–water partition coefficient (Wildman–Crippen LogP) is 2.95. The fourth-order valence-corrected chi connectivity index (χ4v) is 3.36. The highest BCUT2D eigenvalue weighted by atomic mass is 35.5. The van der Waals surface area contributed by atoms with E-state index in [-0.39, 0.29) is 11.8 Å². The van der Waals surface area contributed by atoms with Crippen LogP contribution in [0, 0.1) is 0 Å². The fraction of sp³-hybridized carbons (Fsp3) is 0.455.